The Hall–Kier alpha value is -1.56. The fraction of sp³-hybridized carbons (Fsp3) is 0.133. The van der Waals surface area contributed by atoms with E-state index in [4.69, 9.17) is 4.74 Å². The Morgan fingerprint density at radius 3 is 2.68 bits per heavy atom. The first-order valence-electron chi connectivity index (χ1n) is 6.02. The van der Waals surface area contributed by atoms with Crippen molar-refractivity contribution in [3.05, 3.63) is 57.8 Å². The van der Waals surface area contributed by atoms with Crippen LogP contribution in [0.5, 0.6) is 5.75 Å². The molecule has 3 rings (SSSR count). The average Bonchev–Trinajstić information content (AvgIpc) is 2.76. The first-order chi connectivity index (χ1) is 9.28. The molecule has 0 spiro atoms. The van der Waals surface area contributed by atoms with Crippen LogP contribution in [0.25, 0.3) is 10.9 Å². The van der Waals surface area contributed by atoms with Crippen molar-refractivity contribution in [2.45, 2.75) is 6.54 Å². The summed E-state index contributed by atoms with van der Waals surface area (Å²) in [6.45, 7) is 0.784. The second kappa shape index (κ2) is 5.21. The lowest BCUT2D eigenvalue weighted by atomic mass is 10.2. The fourth-order valence-corrected chi connectivity index (χ4v) is 2.82. The van der Waals surface area contributed by atoms with Gasteiger partial charge >= 0.3 is 0 Å². The summed E-state index contributed by atoms with van der Waals surface area (Å²) in [5.41, 5.74) is 2.38. The molecule has 0 aliphatic carbocycles. The van der Waals surface area contributed by atoms with Gasteiger partial charge in [-0.3, -0.25) is 4.68 Å². The molecule has 0 saturated carbocycles. The number of ether oxygens (including phenoxy) is 1. The Balaban J connectivity index is 2.05. The number of fused-ring (bicyclic) bond motifs is 1. The molecule has 0 aliphatic heterocycles. The van der Waals surface area contributed by atoms with E-state index < -0.39 is 0 Å². The summed E-state index contributed by atoms with van der Waals surface area (Å²) in [5, 5.41) is 5.74. The Morgan fingerprint density at radius 2 is 1.95 bits per heavy atom. The molecule has 0 fully saturated rings. The molecule has 0 bridgehead atoms. The van der Waals surface area contributed by atoms with Crippen LogP contribution >= 0.6 is 22.6 Å². The van der Waals surface area contributed by atoms with E-state index in [-0.39, 0.29) is 0 Å². The van der Waals surface area contributed by atoms with Crippen LogP contribution in [0, 0.1) is 3.70 Å². The molecule has 0 aliphatic rings. The summed E-state index contributed by atoms with van der Waals surface area (Å²) in [6.07, 6.45) is 0. The number of benzene rings is 2. The molecule has 0 amide bonds. The van der Waals surface area contributed by atoms with Gasteiger partial charge in [-0.05, 0) is 46.4 Å². The molecule has 3 aromatic rings. The quantitative estimate of drug-likeness (QED) is 0.663. The maximum atomic E-state index is 5.26. The number of hydrogen-bond acceptors (Lipinski definition) is 2. The Morgan fingerprint density at radius 1 is 1.16 bits per heavy atom. The van der Waals surface area contributed by atoms with Gasteiger partial charge in [-0.2, -0.15) is 5.10 Å². The highest BCUT2D eigenvalue weighted by molar-refractivity contribution is 14.1. The van der Waals surface area contributed by atoms with Crippen molar-refractivity contribution in [1.29, 1.82) is 0 Å². The predicted octanol–water partition coefficient (Wildman–Crippen LogP) is 3.70. The molecule has 96 valence electrons. The minimum absolute atomic E-state index is 0.784. The monoisotopic (exact) mass is 364 g/mol. The lowest BCUT2D eigenvalue weighted by Crippen LogP contribution is -2.01. The predicted molar refractivity (Wildman–Crippen MR) is 84.5 cm³/mol. The van der Waals surface area contributed by atoms with Crippen molar-refractivity contribution in [3.8, 4) is 5.75 Å². The minimum Gasteiger partial charge on any atom is -0.497 e. The maximum Gasteiger partial charge on any atom is 0.131 e. The van der Waals surface area contributed by atoms with Gasteiger partial charge in [-0.25, -0.2) is 0 Å². The van der Waals surface area contributed by atoms with Gasteiger partial charge in [0, 0.05) is 5.39 Å². The van der Waals surface area contributed by atoms with Gasteiger partial charge in [0.25, 0.3) is 0 Å². The van der Waals surface area contributed by atoms with E-state index in [1.165, 1.54) is 5.56 Å². The van der Waals surface area contributed by atoms with Crippen LogP contribution in [0.4, 0.5) is 0 Å². The van der Waals surface area contributed by atoms with E-state index >= 15 is 0 Å². The van der Waals surface area contributed by atoms with Crippen molar-refractivity contribution in [2.75, 3.05) is 7.11 Å². The van der Waals surface area contributed by atoms with Gasteiger partial charge in [0.05, 0.1) is 19.2 Å². The Kier molecular flexibility index (Phi) is 3.42. The zero-order chi connectivity index (χ0) is 13.2. The van der Waals surface area contributed by atoms with Gasteiger partial charge in [-0.1, -0.05) is 30.3 Å². The first-order valence-corrected chi connectivity index (χ1v) is 7.10. The van der Waals surface area contributed by atoms with Crippen LogP contribution in [0.2, 0.25) is 0 Å². The highest BCUT2D eigenvalue weighted by atomic mass is 127. The molecule has 0 atom stereocenters. The topological polar surface area (TPSA) is 27.1 Å². The zero-order valence-electron chi connectivity index (χ0n) is 10.5. The average molecular weight is 364 g/mol. The van der Waals surface area contributed by atoms with Crippen LogP contribution in [-0.2, 0) is 6.54 Å². The molecular formula is C15H13IN2O. The standard InChI is InChI=1S/C15H13IN2O/c1-19-12-7-8-14-13(9-12)15(16)17-18(14)10-11-5-3-2-4-6-11/h2-9H,10H2,1H3. The van der Waals surface area contributed by atoms with Crippen LogP contribution in [-0.4, -0.2) is 16.9 Å². The maximum absolute atomic E-state index is 5.26. The highest BCUT2D eigenvalue weighted by Gasteiger charge is 2.09. The lowest BCUT2D eigenvalue weighted by molar-refractivity contribution is 0.415. The number of rotatable bonds is 3. The molecule has 1 heterocycles. The van der Waals surface area contributed by atoms with Crippen LogP contribution in [0.1, 0.15) is 5.56 Å². The molecule has 1 aromatic heterocycles. The summed E-state index contributed by atoms with van der Waals surface area (Å²) >= 11 is 2.27. The largest absolute Gasteiger partial charge is 0.497 e. The van der Waals surface area contributed by atoms with Gasteiger partial charge in [-0.15, -0.1) is 0 Å². The SMILES string of the molecule is COc1ccc2c(c1)c(I)nn2Cc1ccccc1. The summed E-state index contributed by atoms with van der Waals surface area (Å²) in [4.78, 5) is 0. The smallest absolute Gasteiger partial charge is 0.131 e. The molecule has 19 heavy (non-hydrogen) atoms. The van der Waals surface area contributed by atoms with Gasteiger partial charge in [0.15, 0.2) is 0 Å². The first kappa shape index (κ1) is 12.5. The summed E-state index contributed by atoms with van der Waals surface area (Å²) < 4.78 is 8.30. The lowest BCUT2D eigenvalue weighted by Gasteiger charge is -2.04. The second-order valence-electron chi connectivity index (χ2n) is 4.32. The van der Waals surface area contributed by atoms with Crippen molar-refractivity contribution in [2.24, 2.45) is 0 Å². The van der Waals surface area contributed by atoms with Crippen LogP contribution in [0.15, 0.2) is 48.5 Å². The Bertz CT molecular complexity index is 707. The van der Waals surface area contributed by atoms with E-state index in [0.717, 1.165) is 26.9 Å². The van der Waals surface area contributed by atoms with E-state index in [1.807, 2.05) is 22.9 Å². The molecular weight excluding hydrogens is 351 g/mol. The third-order valence-electron chi connectivity index (χ3n) is 3.09. The molecule has 0 radical (unpaired) electrons. The third kappa shape index (κ3) is 2.45. The third-order valence-corrected chi connectivity index (χ3v) is 3.88. The number of methoxy groups -OCH3 is 1. The van der Waals surface area contributed by atoms with Gasteiger partial charge in [0.1, 0.15) is 9.45 Å². The van der Waals surface area contributed by atoms with E-state index in [1.54, 1.807) is 7.11 Å². The zero-order valence-corrected chi connectivity index (χ0v) is 12.7. The molecule has 2 aromatic carbocycles. The molecule has 0 N–H and O–H groups in total. The number of aromatic nitrogens is 2. The molecule has 4 heteroatoms. The summed E-state index contributed by atoms with van der Waals surface area (Å²) in [7, 11) is 1.68. The summed E-state index contributed by atoms with van der Waals surface area (Å²) in [5.74, 6) is 0.865. The van der Waals surface area contributed by atoms with Crippen molar-refractivity contribution in [3.63, 3.8) is 0 Å². The summed E-state index contributed by atoms with van der Waals surface area (Å²) in [6, 6.07) is 16.4. The number of nitrogens with zero attached hydrogens (tertiary/aromatic N) is 2. The van der Waals surface area contributed by atoms with Crippen molar-refractivity contribution < 1.29 is 4.74 Å². The van der Waals surface area contributed by atoms with E-state index in [9.17, 15) is 0 Å². The Labute approximate surface area is 125 Å². The second-order valence-corrected chi connectivity index (χ2v) is 5.34. The number of halogens is 1. The molecule has 0 saturated heterocycles. The number of hydrogen-bond donors (Lipinski definition) is 0. The van der Waals surface area contributed by atoms with Crippen LogP contribution < -0.4 is 4.74 Å². The molecule has 0 unspecified atom stereocenters. The minimum atomic E-state index is 0.784. The molecule has 3 nitrogen and oxygen atoms in total. The van der Waals surface area contributed by atoms with E-state index in [0.29, 0.717) is 0 Å². The van der Waals surface area contributed by atoms with E-state index in [2.05, 4.69) is 58.0 Å². The van der Waals surface area contributed by atoms with Gasteiger partial charge in [0.2, 0.25) is 0 Å². The van der Waals surface area contributed by atoms with Crippen molar-refractivity contribution in [1.82, 2.24) is 9.78 Å². The highest BCUT2D eigenvalue weighted by Crippen LogP contribution is 2.25. The normalized spacial score (nSPS) is 10.8. The van der Waals surface area contributed by atoms with Crippen LogP contribution in [0.3, 0.4) is 0 Å². The van der Waals surface area contributed by atoms with Crippen molar-refractivity contribution >= 4 is 33.5 Å². The van der Waals surface area contributed by atoms with Gasteiger partial charge < -0.3 is 4.74 Å². The fourth-order valence-electron chi connectivity index (χ4n) is 2.12.